The van der Waals surface area contributed by atoms with Gasteiger partial charge in [0, 0.05) is 6.42 Å². The van der Waals surface area contributed by atoms with Crippen LogP contribution in [0.1, 0.15) is 31.9 Å². The summed E-state index contributed by atoms with van der Waals surface area (Å²) >= 11 is 0. The standard InChI is InChI=1S/C30H36N2O7S/c1-30(2,3)39-29(34)31-27(20-23-13-9-6-10-14-23)28(33)38-21-24(19-22-11-7-5-8-12-22)32-40(35,36)26-17-15-25(37-4)16-18-26/h5-18,24,27,32H,19-21H2,1-4H3,(H,31,34). The molecule has 10 heteroatoms. The summed E-state index contributed by atoms with van der Waals surface area (Å²) in [5, 5.41) is 2.59. The topological polar surface area (TPSA) is 120 Å². The number of esters is 1. The maximum absolute atomic E-state index is 13.2. The minimum absolute atomic E-state index is 0.0474. The molecule has 214 valence electrons. The molecule has 0 saturated carbocycles. The molecule has 2 atom stereocenters. The fourth-order valence-corrected chi connectivity index (χ4v) is 5.07. The van der Waals surface area contributed by atoms with Crippen LogP contribution in [-0.2, 0) is 37.1 Å². The normalized spacial score (nSPS) is 13.1. The summed E-state index contributed by atoms with van der Waals surface area (Å²) in [4.78, 5) is 25.8. The zero-order chi connectivity index (χ0) is 29.2. The van der Waals surface area contributed by atoms with Crippen molar-refractivity contribution >= 4 is 22.1 Å². The number of sulfonamides is 1. The van der Waals surface area contributed by atoms with Gasteiger partial charge >= 0.3 is 12.1 Å². The molecular weight excluding hydrogens is 532 g/mol. The van der Waals surface area contributed by atoms with Gasteiger partial charge in [0.15, 0.2) is 0 Å². The Kier molecular flexibility index (Phi) is 10.7. The molecule has 3 rings (SSSR count). The number of ether oxygens (including phenoxy) is 3. The maximum Gasteiger partial charge on any atom is 0.408 e. The monoisotopic (exact) mass is 568 g/mol. The lowest BCUT2D eigenvalue weighted by molar-refractivity contribution is -0.146. The Morgan fingerprint density at radius 1 is 0.825 bits per heavy atom. The molecule has 0 aliphatic carbocycles. The number of methoxy groups -OCH3 is 1. The van der Waals surface area contributed by atoms with Gasteiger partial charge in [0.2, 0.25) is 10.0 Å². The minimum atomic E-state index is -3.95. The van der Waals surface area contributed by atoms with Crippen molar-refractivity contribution in [2.75, 3.05) is 13.7 Å². The molecule has 3 aromatic rings. The number of amides is 1. The van der Waals surface area contributed by atoms with Crippen LogP contribution >= 0.6 is 0 Å². The van der Waals surface area contributed by atoms with Crippen molar-refractivity contribution in [3.63, 3.8) is 0 Å². The quantitative estimate of drug-likeness (QED) is 0.313. The molecule has 1 amide bonds. The van der Waals surface area contributed by atoms with E-state index in [2.05, 4.69) is 10.0 Å². The molecule has 0 bridgehead atoms. The summed E-state index contributed by atoms with van der Waals surface area (Å²) in [7, 11) is -2.45. The summed E-state index contributed by atoms with van der Waals surface area (Å²) in [6.07, 6.45) is -0.321. The van der Waals surface area contributed by atoms with Crippen LogP contribution in [0.5, 0.6) is 5.75 Å². The number of benzene rings is 3. The van der Waals surface area contributed by atoms with Crippen LogP contribution in [0.15, 0.2) is 89.8 Å². The van der Waals surface area contributed by atoms with Gasteiger partial charge in [-0.1, -0.05) is 60.7 Å². The van der Waals surface area contributed by atoms with E-state index < -0.39 is 39.8 Å². The predicted molar refractivity (Wildman–Crippen MR) is 152 cm³/mol. The molecule has 0 heterocycles. The van der Waals surface area contributed by atoms with E-state index in [1.807, 2.05) is 60.7 Å². The lowest BCUT2D eigenvalue weighted by atomic mass is 10.1. The Balaban J connectivity index is 1.77. The first-order chi connectivity index (χ1) is 18.9. The van der Waals surface area contributed by atoms with Gasteiger partial charge in [0.25, 0.3) is 0 Å². The van der Waals surface area contributed by atoms with Crippen molar-refractivity contribution in [1.29, 1.82) is 0 Å². The molecule has 0 fully saturated rings. The summed E-state index contributed by atoms with van der Waals surface area (Å²) in [5.41, 5.74) is 0.904. The van der Waals surface area contributed by atoms with Crippen LogP contribution in [0, 0.1) is 0 Å². The van der Waals surface area contributed by atoms with E-state index in [9.17, 15) is 18.0 Å². The Morgan fingerprint density at radius 2 is 1.38 bits per heavy atom. The summed E-state index contributed by atoms with van der Waals surface area (Å²) in [6.45, 7) is 4.91. The summed E-state index contributed by atoms with van der Waals surface area (Å²) < 4.78 is 45.0. The lowest BCUT2D eigenvalue weighted by Gasteiger charge is -2.24. The van der Waals surface area contributed by atoms with Gasteiger partial charge in [-0.25, -0.2) is 22.7 Å². The molecule has 9 nitrogen and oxygen atoms in total. The van der Waals surface area contributed by atoms with Gasteiger partial charge in [0.1, 0.15) is 24.0 Å². The first-order valence-corrected chi connectivity index (χ1v) is 14.3. The smallest absolute Gasteiger partial charge is 0.408 e. The second-order valence-electron chi connectivity index (χ2n) is 10.2. The highest BCUT2D eigenvalue weighted by Crippen LogP contribution is 2.17. The highest BCUT2D eigenvalue weighted by atomic mass is 32.2. The van der Waals surface area contributed by atoms with Crippen LogP contribution in [0.3, 0.4) is 0 Å². The maximum atomic E-state index is 13.2. The van der Waals surface area contributed by atoms with Gasteiger partial charge in [-0.3, -0.25) is 0 Å². The molecule has 0 aromatic heterocycles. The Labute approximate surface area is 235 Å². The number of rotatable bonds is 12. The number of alkyl carbamates (subject to hydrolysis) is 1. The first-order valence-electron chi connectivity index (χ1n) is 12.9. The minimum Gasteiger partial charge on any atom is -0.497 e. The highest BCUT2D eigenvalue weighted by molar-refractivity contribution is 7.89. The average Bonchev–Trinajstić information content (AvgIpc) is 2.91. The zero-order valence-corrected chi connectivity index (χ0v) is 23.9. The van der Waals surface area contributed by atoms with Gasteiger partial charge < -0.3 is 19.5 Å². The van der Waals surface area contributed by atoms with Crippen molar-refractivity contribution < 1.29 is 32.2 Å². The van der Waals surface area contributed by atoms with E-state index in [0.717, 1.165) is 11.1 Å². The molecule has 0 spiro atoms. The van der Waals surface area contributed by atoms with E-state index >= 15 is 0 Å². The zero-order valence-electron chi connectivity index (χ0n) is 23.1. The molecular formula is C30H36N2O7S. The second-order valence-corrected chi connectivity index (χ2v) is 11.9. The van der Waals surface area contributed by atoms with E-state index in [4.69, 9.17) is 14.2 Å². The number of hydrogen-bond donors (Lipinski definition) is 2. The van der Waals surface area contributed by atoms with Crippen molar-refractivity contribution in [2.45, 2.75) is 56.2 Å². The lowest BCUT2D eigenvalue weighted by Crippen LogP contribution is -2.47. The SMILES string of the molecule is COc1ccc(S(=O)(=O)NC(COC(=O)C(Cc2ccccc2)NC(=O)OC(C)(C)C)Cc2ccccc2)cc1. The van der Waals surface area contributed by atoms with Crippen molar-refractivity contribution in [3.8, 4) is 5.75 Å². The van der Waals surface area contributed by atoms with E-state index in [1.54, 1.807) is 32.9 Å². The summed E-state index contributed by atoms with van der Waals surface area (Å²) in [6, 6.07) is 22.6. The molecule has 3 aromatic carbocycles. The number of hydrogen-bond acceptors (Lipinski definition) is 7. The van der Waals surface area contributed by atoms with Crippen LogP contribution in [0.25, 0.3) is 0 Å². The number of carbonyl (C=O) groups is 2. The second kappa shape index (κ2) is 14.0. The molecule has 0 aliphatic rings. The van der Waals surface area contributed by atoms with Gasteiger partial charge in [-0.15, -0.1) is 0 Å². The van der Waals surface area contributed by atoms with Gasteiger partial charge in [-0.2, -0.15) is 0 Å². The van der Waals surface area contributed by atoms with Crippen LogP contribution in [-0.4, -0.2) is 51.9 Å². The Morgan fingerprint density at radius 3 is 1.90 bits per heavy atom. The largest absolute Gasteiger partial charge is 0.497 e. The molecule has 0 saturated heterocycles. The third-order valence-electron chi connectivity index (χ3n) is 5.70. The molecule has 0 radical (unpaired) electrons. The first kappa shape index (κ1) is 30.6. The Bertz CT molecular complexity index is 1340. The van der Waals surface area contributed by atoms with Crippen LogP contribution in [0.4, 0.5) is 4.79 Å². The van der Waals surface area contributed by atoms with E-state index in [1.165, 1.54) is 19.2 Å². The number of nitrogens with one attached hydrogen (secondary N) is 2. The fraction of sp³-hybridized carbons (Fsp3) is 0.333. The molecule has 40 heavy (non-hydrogen) atoms. The van der Waals surface area contributed by atoms with E-state index in [0.29, 0.717) is 5.75 Å². The highest BCUT2D eigenvalue weighted by Gasteiger charge is 2.28. The molecule has 2 unspecified atom stereocenters. The fourth-order valence-electron chi connectivity index (χ4n) is 3.85. The van der Waals surface area contributed by atoms with Crippen LogP contribution < -0.4 is 14.8 Å². The Hall–Kier alpha value is -3.89. The predicted octanol–water partition coefficient (Wildman–Crippen LogP) is 4.26. The molecule has 0 aliphatic heterocycles. The van der Waals surface area contributed by atoms with Crippen molar-refractivity contribution in [3.05, 3.63) is 96.1 Å². The van der Waals surface area contributed by atoms with E-state index in [-0.39, 0.29) is 24.3 Å². The van der Waals surface area contributed by atoms with Gasteiger partial charge in [0.05, 0.1) is 18.0 Å². The van der Waals surface area contributed by atoms with Crippen LogP contribution in [0.2, 0.25) is 0 Å². The summed E-state index contributed by atoms with van der Waals surface area (Å²) in [5.74, 6) is -0.188. The van der Waals surface area contributed by atoms with Crippen molar-refractivity contribution in [2.24, 2.45) is 0 Å². The molecule has 2 N–H and O–H groups in total. The average molecular weight is 569 g/mol. The van der Waals surface area contributed by atoms with Crippen molar-refractivity contribution in [1.82, 2.24) is 10.0 Å². The third kappa shape index (κ3) is 10.0. The number of carbonyl (C=O) groups excluding carboxylic acids is 2. The third-order valence-corrected chi connectivity index (χ3v) is 7.24. The van der Waals surface area contributed by atoms with Gasteiger partial charge in [-0.05, 0) is 62.6 Å².